The van der Waals surface area contributed by atoms with E-state index in [-0.39, 0.29) is 17.4 Å². The van der Waals surface area contributed by atoms with E-state index in [1.54, 1.807) is 6.07 Å². The van der Waals surface area contributed by atoms with Crippen molar-refractivity contribution < 1.29 is 14.6 Å². The topological polar surface area (TPSA) is 112 Å². The largest absolute Gasteiger partial charge is 0.492 e. The average Bonchev–Trinajstić information content (AvgIpc) is 3.02. The number of nitrogens with two attached hydrogens (primary N) is 1. The summed E-state index contributed by atoms with van der Waals surface area (Å²) in [6.07, 6.45) is 1.67. The fraction of sp³-hybridized carbons (Fsp3) is 0.600. The van der Waals surface area contributed by atoms with Gasteiger partial charge in [-0.2, -0.15) is 0 Å². The Morgan fingerprint density at radius 2 is 2.18 bits per heavy atom. The van der Waals surface area contributed by atoms with E-state index >= 15 is 0 Å². The maximum atomic E-state index is 13.4. The summed E-state index contributed by atoms with van der Waals surface area (Å²) in [5, 5.41) is 17.8. The number of fused-ring (bicyclic) bond motifs is 2. The highest BCUT2D eigenvalue weighted by molar-refractivity contribution is 5.98. The number of para-hydroxylation sites is 1. The second-order valence-electron chi connectivity index (χ2n) is 10.2. The molecule has 0 aromatic heterocycles. The van der Waals surface area contributed by atoms with E-state index in [4.69, 9.17) is 15.5 Å². The maximum Gasteiger partial charge on any atom is 0.255 e. The number of amidine groups is 1. The number of ether oxygens (including phenoxy) is 1. The lowest BCUT2D eigenvalue weighted by molar-refractivity contribution is 0.0147. The van der Waals surface area contributed by atoms with Crippen LogP contribution in [0.15, 0.2) is 35.6 Å². The number of amides is 1. The van der Waals surface area contributed by atoms with Crippen LogP contribution in [-0.2, 0) is 5.41 Å². The zero-order chi connectivity index (χ0) is 24.0. The molecular formula is C25H37N5O3. The Morgan fingerprint density at radius 1 is 1.42 bits per heavy atom. The third kappa shape index (κ3) is 3.94. The number of carbonyl (C=O) groups excluding carboxylic acids is 1. The van der Waals surface area contributed by atoms with Crippen molar-refractivity contribution in [2.75, 3.05) is 19.7 Å². The quantitative estimate of drug-likeness (QED) is 0.398. The van der Waals surface area contributed by atoms with Crippen molar-refractivity contribution >= 4 is 11.7 Å². The van der Waals surface area contributed by atoms with Crippen LogP contribution in [0.2, 0.25) is 0 Å². The van der Waals surface area contributed by atoms with E-state index < -0.39 is 17.7 Å². The molecule has 0 spiro atoms. The molecule has 33 heavy (non-hydrogen) atoms. The Morgan fingerprint density at radius 3 is 2.91 bits per heavy atom. The van der Waals surface area contributed by atoms with Gasteiger partial charge in [-0.1, -0.05) is 39.5 Å². The molecule has 2 saturated heterocycles. The number of nitrogens with zero attached hydrogens (tertiary/aromatic N) is 2. The molecule has 3 aliphatic rings. The summed E-state index contributed by atoms with van der Waals surface area (Å²) >= 11 is 0. The van der Waals surface area contributed by atoms with E-state index in [1.165, 1.54) is 0 Å². The average molecular weight is 456 g/mol. The molecule has 0 aliphatic carbocycles. The fourth-order valence-electron chi connectivity index (χ4n) is 5.37. The first-order valence-corrected chi connectivity index (χ1v) is 11.9. The SMILES string of the molecule is C=C1NC[C@H](N=C(N)CCC)C2(C)C(O)C(NC(=O)c3cccc4c3OCCC4(C)C)CN12. The van der Waals surface area contributed by atoms with Crippen molar-refractivity contribution in [3.63, 3.8) is 0 Å². The lowest BCUT2D eigenvalue weighted by Crippen LogP contribution is -2.64. The summed E-state index contributed by atoms with van der Waals surface area (Å²) in [4.78, 5) is 20.1. The van der Waals surface area contributed by atoms with Crippen LogP contribution < -0.4 is 21.1 Å². The standard InChI is InChI=1S/C25H37N5O3/c1-6-8-20(26)29-19-13-27-15(2)30-14-18(22(31)25(19,30)5)28-23(32)16-9-7-10-17-21(16)33-12-11-24(17,3)4/h7,9-10,18-19,22,27,31H,2,6,8,11-14H2,1,3-5H3,(H2,26,29)(H,28,32)/t18?,19-,22?,25?/m0/s1. The summed E-state index contributed by atoms with van der Waals surface area (Å²) in [7, 11) is 0. The van der Waals surface area contributed by atoms with Gasteiger partial charge in [0.25, 0.3) is 5.91 Å². The van der Waals surface area contributed by atoms with E-state index in [1.807, 2.05) is 24.0 Å². The van der Waals surface area contributed by atoms with Crippen LogP contribution in [0.25, 0.3) is 0 Å². The van der Waals surface area contributed by atoms with Crippen molar-refractivity contribution in [1.82, 2.24) is 15.5 Å². The zero-order valence-electron chi connectivity index (χ0n) is 20.1. The van der Waals surface area contributed by atoms with E-state index in [2.05, 4.69) is 38.0 Å². The molecule has 5 N–H and O–H groups in total. The Hall–Kier alpha value is -2.74. The van der Waals surface area contributed by atoms with Gasteiger partial charge in [0, 0.05) is 25.1 Å². The molecule has 0 bridgehead atoms. The van der Waals surface area contributed by atoms with Gasteiger partial charge >= 0.3 is 0 Å². The van der Waals surface area contributed by atoms with Crippen molar-refractivity contribution in [3.05, 3.63) is 41.7 Å². The number of carbonyl (C=O) groups is 1. The van der Waals surface area contributed by atoms with Crippen LogP contribution >= 0.6 is 0 Å². The highest BCUT2D eigenvalue weighted by atomic mass is 16.5. The lowest BCUT2D eigenvalue weighted by atomic mass is 9.79. The second kappa shape index (κ2) is 8.56. The predicted octanol–water partition coefficient (Wildman–Crippen LogP) is 1.88. The van der Waals surface area contributed by atoms with Gasteiger partial charge in [-0.3, -0.25) is 9.79 Å². The van der Waals surface area contributed by atoms with Crippen LogP contribution in [0, 0.1) is 0 Å². The van der Waals surface area contributed by atoms with E-state index in [0.29, 0.717) is 43.3 Å². The summed E-state index contributed by atoms with van der Waals surface area (Å²) in [5.41, 5.74) is 6.88. The molecule has 8 nitrogen and oxygen atoms in total. The summed E-state index contributed by atoms with van der Waals surface area (Å²) in [6.45, 7) is 14.0. The molecule has 0 radical (unpaired) electrons. The van der Waals surface area contributed by atoms with Crippen LogP contribution in [-0.4, -0.2) is 65.2 Å². The number of hydrogen-bond acceptors (Lipinski definition) is 6. The Labute approximate surface area is 196 Å². The fourth-order valence-corrected chi connectivity index (χ4v) is 5.37. The number of benzene rings is 1. The van der Waals surface area contributed by atoms with Crippen LogP contribution in [0.5, 0.6) is 5.75 Å². The minimum absolute atomic E-state index is 0.0576. The number of aliphatic hydroxyl groups is 1. The molecule has 1 amide bonds. The van der Waals surface area contributed by atoms with Gasteiger partial charge in [-0.15, -0.1) is 0 Å². The lowest BCUT2D eigenvalue weighted by Gasteiger charge is -2.48. The molecule has 1 aromatic carbocycles. The summed E-state index contributed by atoms with van der Waals surface area (Å²) in [5.74, 6) is 1.69. The molecule has 3 heterocycles. The zero-order valence-corrected chi connectivity index (χ0v) is 20.1. The smallest absolute Gasteiger partial charge is 0.255 e. The Kier molecular flexibility index (Phi) is 6.07. The van der Waals surface area contributed by atoms with Crippen LogP contribution in [0.4, 0.5) is 0 Å². The summed E-state index contributed by atoms with van der Waals surface area (Å²) in [6, 6.07) is 4.95. The first-order chi connectivity index (χ1) is 15.6. The number of hydrogen-bond donors (Lipinski definition) is 4. The number of nitrogens with one attached hydrogen (secondary N) is 2. The van der Waals surface area contributed by atoms with Crippen molar-refractivity contribution in [2.24, 2.45) is 10.7 Å². The Bertz CT molecular complexity index is 975. The van der Waals surface area contributed by atoms with Crippen LogP contribution in [0.3, 0.4) is 0 Å². The summed E-state index contributed by atoms with van der Waals surface area (Å²) < 4.78 is 5.93. The van der Waals surface area contributed by atoms with Gasteiger partial charge in [0.05, 0.1) is 41.4 Å². The molecule has 4 atom stereocenters. The van der Waals surface area contributed by atoms with Gasteiger partial charge in [0.15, 0.2) is 0 Å². The molecule has 1 aromatic rings. The highest BCUT2D eigenvalue weighted by Gasteiger charge is 2.57. The maximum absolute atomic E-state index is 13.4. The minimum atomic E-state index is -0.847. The molecule has 4 rings (SSSR count). The molecular weight excluding hydrogens is 418 g/mol. The van der Waals surface area contributed by atoms with Gasteiger partial charge in [0.2, 0.25) is 0 Å². The van der Waals surface area contributed by atoms with Crippen molar-refractivity contribution in [2.45, 2.75) is 76.1 Å². The monoisotopic (exact) mass is 455 g/mol. The van der Waals surface area contributed by atoms with Gasteiger partial charge in [-0.25, -0.2) is 0 Å². The minimum Gasteiger partial charge on any atom is -0.492 e. The molecule has 2 fully saturated rings. The van der Waals surface area contributed by atoms with Gasteiger partial charge in [-0.05, 0) is 31.2 Å². The van der Waals surface area contributed by atoms with Crippen LogP contribution in [0.1, 0.15) is 62.9 Å². The number of aliphatic hydroxyl groups excluding tert-OH is 1. The molecule has 8 heteroatoms. The Balaban J connectivity index is 1.59. The molecule has 3 aliphatic heterocycles. The molecule has 180 valence electrons. The third-order valence-electron chi connectivity index (χ3n) is 7.55. The highest BCUT2D eigenvalue weighted by Crippen LogP contribution is 2.41. The van der Waals surface area contributed by atoms with Crippen molar-refractivity contribution in [1.29, 1.82) is 0 Å². The normalized spacial score (nSPS) is 30.7. The van der Waals surface area contributed by atoms with E-state index in [9.17, 15) is 9.90 Å². The van der Waals surface area contributed by atoms with E-state index in [0.717, 1.165) is 24.2 Å². The molecule has 3 unspecified atom stereocenters. The molecule has 0 saturated carbocycles. The first-order valence-electron chi connectivity index (χ1n) is 11.9. The number of rotatable bonds is 5. The van der Waals surface area contributed by atoms with Gasteiger partial charge < -0.3 is 31.1 Å². The second-order valence-corrected chi connectivity index (χ2v) is 10.2. The van der Waals surface area contributed by atoms with Gasteiger partial charge in [0.1, 0.15) is 11.9 Å². The number of aliphatic imine (C=N–C) groups is 1. The first kappa shape index (κ1) is 23.4. The predicted molar refractivity (Wildman–Crippen MR) is 129 cm³/mol. The third-order valence-corrected chi connectivity index (χ3v) is 7.55. The van der Waals surface area contributed by atoms with Crippen molar-refractivity contribution in [3.8, 4) is 5.75 Å².